The molecular weight excluding hydrogens is 330 g/mol. The van der Waals surface area contributed by atoms with E-state index >= 15 is 0 Å². The topological polar surface area (TPSA) is 66.4 Å². The van der Waals surface area contributed by atoms with Crippen molar-refractivity contribution in [2.24, 2.45) is 0 Å². The molecule has 0 saturated carbocycles. The van der Waals surface area contributed by atoms with Crippen molar-refractivity contribution in [3.63, 3.8) is 0 Å². The van der Waals surface area contributed by atoms with E-state index in [1.54, 1.807) is 37.3 Å². The van der Waals surface area contributed by atoms with Crippen molar-refractivity contribution in [1.29, 1.82) is 0 Å². The van der Waals surface area contributed by atoms with Crippen molar-refractivity contribution in [3.05, 3.63) is 50.8 Å². The largest absolute Gasteiger partial charge is 0.477 e. The zero-order chi connectivity index (χ0) is 14.0. The van der Waals surface area contributed by atoms with Crippen LogP contribution in [0.4, 0.5) is 5.00 Å². The first-order valence-corrected chi connectivity index (χ1v) is 6.99. The molecule has 0 radical (unpaired) electrons. The summed E-state index contributed by atoms with van der Waals surface area (Å²) in [6.45, 7) is 1.70. The fraction of sp³-hybridized carbons (Fsp3) is 0.0769. The Hall–Kier alpha value is -1.66. The Kier molecular flexibility index (Phi) is 4.01. The van der Waals surface area contributed by atoms with Crippen LogP contribution in [0.3, 0.4) is 0 Å². The Morgan fingerprint density at radius 3 is 2.42 bits per heavy atom. The van der Waals surface area contributed by atoms with E-state index in [9.17, 15) is 9.59 Å². The highest BCUT2D eigenvalue weighted by molar-refractivity contribution is 9.10. The average Bonchev–Trinajstić information content (AvgIpc) is 2.71. The molecule has 1 heterocycles. The lowest BCUT2D eigenvalue weighted by Gasteiger charge is -2.02. The molecule has 2 aromatic rings. The standard InChI is InChI=1S/C13H10BrNO3S/c1-7-6-10(19-11(7)13(17)18)15-12(16)8-2-4-9(14)5-3-8/h2-6H,1H3,(H,15,16)(H,17,18). The first-order chi connectivity index (χ1) is 8.97. The van der Waals surface area contributed by atoms with Gasteiger partial charge >= 0.3 is 5.97 Å². The lowest BCUT2D eigenvalue weighted by atomic mass is 10.2. The van der Waals surface area contributed by atoms with Crippen molar-refractivity contribution in [2.75, 3.05) is 5.32 Å². The smallest absolute Gasteiger partial charge is 0.346 e. The summed E-state index contributed by atoms with van der Waals surface area (Å²) in [6, 6.07) is 8.59. The summed E-state index contributed by atoms with van der Waals surface area (Å²) in [5.74, 6) is -1.24. The number of nitrogens with one attached hydrogen (secondary N) is 1. The number of halogens is 1. The molecule has 1 aromatic carbocycles. The normalized spacial score (nSPS) is 10.2. The van der Waals surface area contributed by atoms with Gasteiger partial charge < -0.3 is 10.4 Å². The highest BCUT2D eigenvalue weighted by atomic mass is 79.9. The summed E-state index contributed by atoms with van der Waals surface area (Å²) < 4.78 is 0.893. The Bertz CT molecular complexity index is 634. The predicted octanol–water partition coefficient (Wildman–Crippen LogP) is 3.77. The number of carboxylic acid groups (broad SMARTS) is 1. The highest BCUT2D eigenvalue weighted by Gasteiger charge is 2.14. The van der Waals surface area contributed by atoms with E-state index < -0.39 is 5.97 Å². The Morgan fingerprint density at radius 2 is 1.89 bits per heavy atom. The van der Waals surface area contributed by atoms with Crippen LogP contribution in [0.2, 0.25) is 0 Å². The third-order valence-corrected chi connectivity index (χ3v) is 4.12. The summed E-state index contributed by atoms with van der Waals surface area (Å²) in [5.41, 5.74) is 1.16. The van der Waals surface area contributed by atoms with E-state index in [-0.39, 0.29) is 10.8 Å². The highest BCUT2D eigenvalue weighted by Crippen LogP contribution is 2.27. The van der Waals surface area contributed by atoms with Crippen LogP contribution in [0.25, 0.3) is 0 Å². The van der Waals surface area contributed by atoms with E-state index in [1.807, 2.05) is 0 Å². The van der Waals surface area contributed by atoms with Gasteiger partial charge in [-0.15, -0.1) is 11.3 Å². The van der Waals surface area contributed by atoms with Crippen LogP contribution in [0, 0.1) is 6.92 Å². The van der Waals surface area contributed by atoms with Gasteiger partial charge in [0.25, 0.3) is 5.91 Å². The van der Waals surface area contributed by atoms with E-state index in [2.05, 4.69) is 21.2 Å². The third kappa shape index (κ3) is 3.21. The van der Waals surface area contributed by atoms with Crippen LogP contribution >= 0.6 is 27.3 Å². The SMILES string of the molecule is Cc1cc(NC(=O)c2ccc(Br)cc2)sc1C(=O)O. The Morgan fingerprint density at radius 1 is 1.26 bits per heavy atom. The van der Waals surface area contributed by atoms with Crippen LogP contribution in [-0.4, -0.2) is 17.0 Å². The van der Waals surface area contributed by atoms with E-state index in [1.165, 1.54) is 0 Å². The average molecular weight is 340 g/mol. The lowest BCUT2D eigenvalue weighted by molar-refractivity contribution is 0.0701. The lowest BCUT2D eigenvalue weighted by Crippen LogP contribution is -2.10. The maximum Gasteiger partial charge on any atom is 0.346 e. The van der Waals surface area contributed by atoms with Gasteiger partial charge in [0.15, 0.2) is 0 Å². The molecule has 0 bridgehead atoms. The summed E-state index contributed by atoms with van der Waals surface area (Å²) in [4.78, 5) is 23.1. The quantitative estimate of drug-likeness (QED) is 0.894. The van der Waals surface area contributed by atoms with Gasteiger partial charge in [0, 0.05) is 10.0 Å². The molecule has 1 amide bonds. The number of aromatic carboxylic acids is 1. The molecule has 0 atom stereocenters. The van der Waals surface area contributed by atoms with Gasteiger partial charge in [-0.1, -0.05) is 15.9 Å². The summed E-state index contributed by atoms with van der Waals surface area (Å²) >= 11 is 4.35. The molecular formula is C13H10BrNO3S. The van der Waals surface area contributed by atoms with Crippen molar-refractivity contribution in [2.45, 2.75) is 6.92 Å². The van der Waals surface area contributed by atoms with Crippen molar-refractivity contribution in [1.82, 2.24) is 0 Å². The molecule has 0 aliphatic carbocycles. The molecule has 0 fully saturated rings. The number of hydrogen-bond donors (Lipinski definition) is 2. The van der Waals surface area contributed by atoms with Crippen LogP contribution in [0.1, 0.15) is 25.6 Å². The third-order valence-electron chi connectivity index (χ3n) is 2.46. The molecule has 98 valence electrons. The number of thiophene rings is 1. The molecule has 2 N–H and O–H groups in total. The monoisotopic (exact) mass is 339 g/mol. The maximum absolute atomic E-state index is 11.9. The van der Waals surface area contributed by atoms with Gasteiger partial charge in [-0.25, -0.2) is 4.79 Å². The van der Waals surface area contributed by atoms with Crippen LogP contribution in [0.5, 0.6) is 0 Å². The van der Waals surface area contributed by atoms with Crippen molar-refractivity contribution >= 4 is 44.1 Å². The first-order valence-electron chi connectivity index (χ1n) is 5.38. The number of aryl methyl sites for hydroxylation is 1. The molecule has 0 saturated heterocycles. The van der Waals surface area contributed by atoms with Crippen LogP contribution < -0.4 is 5.32 Å². The molecule has 1 aromatic heterocycles. The van der Waals surface area contributed by atoms with Crippen LogP contribution in [0.15, 0.2) is 34.8 Å². The Labute approximate surface area is 122 Å². The minimum absolute atomic E-state index is 0.242. The van der Waals surface area contributed by atoms with Gasteiger partial charge in [-0.05, 0) is 42.8 Å². The molecule has 0 aliphatic heterocycles. The minimum atomic E-state index is -0.980. The molecule has 4 nitrogen and oxygen atoms in total. The number of benzene rings is 1. The fourth-order valence-electron chi connectivity index (χ4n) is 1.54. The number of amides is 1. The van der Waals surface area contributed by atoms with Gasteiger partial charge in [-0.2, -0.15) is 0 Å². The van der Waals surface area contributed by atoms with Crippen molar-refractivity contribution in [3.8, 4) is 0 Å². The summed E-state index contributed by atoms with van der Waals surface area (Å²) in [6.07, 6.45) is 0. The molecule has 0 aliphatic rings. The van der Waals surface area contributed by atoms with E-state index in [4.69, 9.17) is 5.11 Å². The van der Waals surface area contributed by atoms with Gasteiger partial charge in [0.2, 0.25) is 0 Å². The first kappa shape index (κ1) is 13.8. The van der Waals surface area contributed by atoms with Gasteiger partial charge in [-0.3, -0.25) is 4.79 Å². The fourth-order valence-corrected chi connectivity index (χ4v) is 2.71. The van der Waals surface area contributed by atoms with Gasteiger partial charge in [0.1, 0.15) is 4.88 Å². The summed E-state index contributed by atoms with van der Waals surface area (Å²) in [5, 5.41) is 12.2. The molecule has 19 heavy (non-hydrogen) atoms. The predicted molar refractivity (Wildman–Crippen MR) is 78.1 cm³/mol. The second kappa shape index (κ2) is 5.54. The van der Waals surface area contributed by atoms with Crippen molar-refractivity contribution < 1.29 is 14.7 Å². The molecule has 0 unspecified atom stereocenters. The zero-order valence-electron chi connectivity index (χ0n) is 9.94. The summed E-state index contributed by atoms with van der Waals surface area (Å²) in [7, 11) is 0. The maximum atomic E-state index is 11.9. The van der Waals surface area contributed by atoms with Crippen LogP contribution in [-0.2, 0) is 0 Å². The van der Waals surface area contributed by atoms with Gasteiger partial charge in [0.05, 0.1) is 5.00 Å². The second-order valence-corrected chi connectivity index (χ2v) is 5.86. The zero-order valence-corrected chi connectivity index (χ0v) is 12.3. The second-order valence-electron chi connectivity index (χ2n) is 3.89. The minimum Gasteiger partial charge on any atom is -0.477 e. The number of carbonyl (C=O) groups is 2. The number of carboxylic acids is 1. The number of anilines is 1. The molecule has 6 heteroatoms. The molecule has 0 spiro atoms. The Balaban J connectivity index is 2.17. The van der Waals surface area contributed by atoms with E-state index in [0.717, 1.165) is 15.8 Å². The number of rotatable bonds is 3. The number of hydrogen-bond acceptors (Lipinski definition) is 3. The number of carbonyl (C=O) groups excluding carboxylic acids is 1. The molecule has 2 rings (SSSR count). The van der Waals surface area contributed by atoms with E-state index in [0.29, 0.717) is 16.1 Å².